The number of rotatable bonds is 4. The lowest BCUT2D eigenvalue weighted by molar-refractivity contribution is 0.310. The molecule has 0 heterocycles. The molecular formula is C18H16N2O. The van der Waals surface area contributed by atoms with E-state index in [1.807, 2.05) is 54.6 Å². The average molecular weight is 276 g/mol. The number of amidine groups is 1. The minimum Gasteiger partial charge on any atom is -0.488 e. The lowest BCUT2D eigenvalue weighted by Crippen LogP contribution is -2.14. The number of hydrogen-bond acceptors (Lipinski definition) is 2. The van der Waals surface area contributed by atoms with Crippen LogP contribution in [0.1, 0.15) is 11.1 Å². The Hall–Kier alpha value is -2.81. The van der Waals surface area contributed by atoms with Crippen molar-refractivity contribution in [1.82, 2.24) is 0 Å². The van der Waals surface area contributed by atoms with Crippen LogP contribution in [0.25, 0.3) is 10.8 Å². The number of fused-ring (bicyclic) bond motifs is 1. The molecule has 3 nitrogen and oxygen atoms in total. The summed E-state index contributed by atoms with van der Waals surface area (Å²) >= 11 is 0. The summed E-state index contributed by atoms with van der Waals surface area (Å²) in [4.78, 5) is 0. The highest BCUT2D eigenvalue weighted by Gasteiger charge is 2.06. The number of benzene rings is 3. The van der Waals surface area contributed by atoms with Crippen LogP contribution in [0.4, 0.5) is 0 Å². The second-order valence-corrected chi connectivity index (χ2v) is 4.84. The van der Waals surface area contributed by atoms with Crippen molar-refractivity contribution in [3.63, 3.8) is 0 Å². The minimum absolute atomic E-state index is 0.0621. The molecule has 3 heteroatoms. The fourth-order valence-electron chi connectivity index (χ4n) is 2.39. The predicted molar refractivity (Wildman–Crippen MR) is 85.7 cm³/mol. The van der Waals surface area contributed by atoms with Crippen LogP contribution < -0.4 is 10.5 Å². The van der Waals surface area contributed by atoms with Gasteiger partial charge in [0.1, 0.15) is 18.2 Å². The highest BCUT2D eigenvalue weighted by atomic mass is 16.5. The van der Waals surface area contributed by atoms with Gasteiger partial charge in [-0.05, 0) is 11.5 Å². The molecule has 0 atom stereocenters. The molecule has 0 bridgehead atoms. The first kappa shape index (κ1) is 13.2. The Labute approximate surface area is 123 Å². The van der Waals surface area contributed by atoms with Crippen molar-refractivity contribution < 1.29 is 4.74 Å². The van der Waals surface area contributed by atoms with Crippen LogP contribution in [0.5, 0.6) is 5.75 Å². The van der Waals surface area contributed by atoms with Crippen LogP contribution in [0.15, 0.2) is 66.7 Å². The van der Waals surface area contributed by atoms with Crippen LogP contribution in [0.3, 0.4) is 0 Å². The van der Waals surface area contributed by atoms with Crippen LogP contribution in [0, 0.1) is 5.41 Å². The third-order valence-electron chi connectivity index (χ3n) is 3.44. The maximum absolute atomic E-state index is 7.61. The first-order valence-corrected chi connectivity index (χ1v) is 6.78. The van der Waals surface area contributed by atoms with Crippen molar-refractivity contribution in [3.8, 4) is 5.75 Å². The first-order valence-electron chi connectivity index (χ1n) is 6.78. The van der Waals surface area contributed by atoms with Crippen LogP contribution >= 0.6 is 0 Å². The summed E-state index contributed by atoms with van der Waals surface area (Å²) in [6.45, 7) is 0.393. The van der Waals surface area contributed by atoms with Crippen LogP contribution in [-0.2, 0) is 6.61 Å². The van der Waals surface area contributed by atoms with E-state index in [1.165, 1.54) is 0 Å². The lowest BCUT2D eigenvalue weighted by Gasteiger charge is -2.12. The van der Waals surface area contributed by atoms with Gasteiger partial charge in [-0.15, -0.1) is 0 Å². The van der Waals surface area contributed by atoms with E-state index in [2.05, 4.69) is 12.1 Å². The molecule has 21 heavy (non-hydrogen) atoms. The van der Waals surface area contributed by atoms with Gasteiger partial charge in [-0.1, -0.05) is 60.7 Å². The molecule has 0 aliphatic rings. The molecule has 0 aliphatic heterocycles. The Balaban J connectivity index is 1.89. The average Bonchev–Trinajstić information content (AvgIpc) is 2.53. The lowest BCUT2D eigenvalue weighted by atomic mass is 10.1. The summed E-state index contributed by atoms with van der Waals surface area (Å²) in [6, 6.07) is 21.7. The van der Waals surface area contributed by atoms with Gasteiger partial charge in [0, 0.05) is 16.5 Å². The van der Waals surface area contributed by atoms with Gasteiger partial charge in [-0.3, -0.25) is 5.41 Å². The molecule has 0 radical (unpaired) electrons. The summed E-state index contributed by atoms with van der Waals surface area (Å²) in [5.74, 6) is 0.901. The molecule has 0 aliphatic carbocycles. The summed E-state index contributed by atoms with van der Waals surface area (Å²) in [6.07, 6.45) is 0. The highest BCUT2D eigenvalue weighted by Crippen LogP contribution is 2.26. The molecule has 0 amide bonds. The predicted octanol–water partition coefficient (Wildman–Crippen LogP) is 3.70. The zero-order valence-corrected chi connectivity index (χ0v) is 11.5. The Kier molecular flexibility index (Phi) is 3.56. The maximum Gasteiger partial charge on any atom is 0.127 e. The van der Waals surface area contributed by atoms with Gasteiger partial charge in [0.2, 0.25) is 0 Å². The highest BCUT2D eigenvalue weighted by molar-refractivity contribution is 5.96. The molecule has 0 fully saturated rings. The standard InChI is InChI=1S/C18H16N2O/c19-18(20)16-10-4-2-7-14(16)12-21-17-11-5-8-13-6-1-3-9-15(13)17/h1-11H,12H2,(H3,19,20). The largest absolute Gasteiger partial charge is 0.488 e. The molecule has 0 saturated heterocycles. The van der Waals surface area contributed by atoms with Crippen LogP contribution in [-0.4, -0.2) is 5.84 Å². The topological polar surface area (TPSA) is 59.1 Å². The van der Waals surface area contributed by atoms with Crippen molar-refractivity contribution in [2.45, 2.75) is 6.61 Å². The van der Waals surface area contributed by atoms with Gasteiger partial charge in [0.15, 0.2) is 0 Å². The monoisotopic (exact) mass is 276 g/mol. The molecule has 0 aromatic heterocycles. The summed E-state index contributed by atoms with van der Waals surface area (Å²) in [7, 11) is 0. The maximum atomic E-state index is 7.61. The number of nitrogens with one attached hydrogen (secondary N) is 1. The van der Waals surface area contributed by atoms with Crippen LogP contribution in [0.2, 0.25) is 0 Å². The molecule has 0 unspecified atom stereocenters. The second kappa shape index (κ2) is 5.67. The molecular weight excluding hydrogens is 260 g/mol. The van der Waals surface area contributed by atoms with E-state index >= 15 is 0 Å². The smallest absolute Gasteiger partial charge is 0.127 e. The number of hydrogen-bond donors (Lipinski definition) is 2. The molecule has 3 rings (SSSR count). The van der Waals surface area contributed by atoms with E-state index < -0.39 is 0 Å². The van der Waals surface area contributed by atoms with E-state index in [0.29, 0.717) is 6.61 Å². The SMILES string of the molecule is N=C(N)c1ccccc1COc1cccc2ccccc12. The van der Waals surface area contributed by atoms with Gasteiger partial charge in [0.05, 0.1) is 0 Å². The molecule has 0 spiro atoms. The fraction of sp³-hybridized carbons (Fsp3) is 0.0556. The van der Waals surface area contributed by atoms with E-state index in [9.17, 15) is 0 Å². The summed E-state index contributed by atoms with van der Waals surface area (Å²) < 4.78 is 5.94. The molecule has 3 aromatic carbocycles. The number of nitrogen functional groups attached to an aromatic ring is 1. The third-order valence-corrected chi connectivity index (χ3v) is 3.44. The summed E-state index contributed by atoms with van der Waals surface area (Å²) in [5.41, 5.74) is 7.24. The van der Waals surface area contributed by atoms with Gasteiger partial charge in [-0.25, -0.2) is 0 Å². The number of ether oxygens (including phenoxy) is 1. The molecule has 3 aromatic rings. The quantitative estimate of drug-likeness (QED) is 0.564. The first-order chi connectivity index (χ1) is 10.3. The summed E-state index contributed by atoms with van der Waals surface area (Å²) in [5, 5.41) is 9.84. The van der Waals surface area contributed by atoms with E-state index in [1.54, 1.807) is 0 Å². The third kappa shape index (κ3) is 2.72. The van der Waals surface area contributed by atoms with Crippen molar-refractivity contribution in [3.05, 3.63) is 77.9 Å². The Morgan fingerprint density at radius 1 is 0.905 bits per heavy atom. The molecule has 0 saturated carbocycles. The zero-order chi connectivity index (χ0) is 14.7. The van der Waals surface area contributed by atoms with Gasteiger partial charge in [0.25, 0.3) is 0 Å². The van der Waals surface area contributed by atoms with Crippen molar-refractivity contribution in [1.29, 1.82) is 5.41 Å². The zero-order valence-electron chi connectivity index (χ0n) is 11.5. The van der Waals surface area contributed by atoms with Gasteiger partial charge < -0.3 is 10.5 Å². The van der Waals surface area contributed by atoms with E-state index in [0.717, 1.165) is 27.6 Å². The normalized spacial score (nSPS) is 10.5. The Morgan fingerprint density at radius 3 is 2.48 bits per heavy atom. The number of nitrogens with two attached hydrogens (primary N) is 1. The van der Waals surface area contributed by atoms with E-state index in [4.69, 9.17) is 15.9 Å². The van der Waals surface area contributed by atoms with Gasteiger partial charge in [-0.2, -0.15) is 0 Å². The van der Waals surface area contributed by atoms with E-state index in [-0.39, 0.29) is 5.84 Å². The minimum atomic E-state index is 0.0621. The Bertz CT molecular complexity index is 791. The van der Waals surface area contributed by atoms with Crippen molar-refractivity contribution in [2.75, 3.05) is 0 Å². The van der Waals surface area contributed by atoms with Crippen molar-refractivity contribution >= 4 is 16.6 Å². The fourth-order valence-corrected chi connectivity index (χ4v) is 2.39. The van der Waals surface area contributed by atoms with Gasteiger partial charge >= 0.3 is 0 Å². The molecule has 3 N–H and O–H groups in total. The molecule has 104 valence electrons. The second-order valence-electron chi connectivity index (χ2n) is 4.84. The Morgan fingerprint density at radius 2 is 1.62 bits per heavy atom. The van der Waals surface area contributed by atoms with Crippen molar-refractivity contribution in [2.24, 2.45) is 5.73 Å².